The van der Waals surface area contributed by atoms with Crippen LogP contribution in [0.3, 0.4) is 0 Å². The van der Waals surface area contributed by atoms with Crippen molar-refractivity contribution < 1.29 is 4.74 Å². The quantitative estimate of drug-likeness (QED) is 0.782. The molecule has 4 heteroatoms. The Labute approximate surface area is 124 Å². The molecule has 1 aliphatic carbocycles. The molecular weight excluding hydrogens is 272 g/mol. The van der Waals surface area contributed by atoms with Crippen molar-refractivity contribution in [3.8, 4) is 5.75 Å². The molecule has 0 spiro atoms. The molecule has 2 atom stereocenters. The molecular formula is C16H21ClN2O. The number of nitrogens with zero attached hydrogens (tertiary/aromatic N) is 2. The van der Waals surface area contributed by atoms with Crippen molar-refractivity contribution in [3.63, 3.8) is 0 Å². The van der Waals surface area contributed by atoms with Crippen molar-refractivity contribution in [3.05, 3.63) is 24.0 Å². The van der Waals surface area contributed by atoms with Crippen LogP contribution in [0, 0.1) is 11.3 Å². The molecule has 20 heavy (non-hydrogen) atoms. The highest BCUT2D eigenvalue weighted by atomic mass is 35.5. The van der Waals surface area contributed by atoms with Crippen LogP contribution in [-0.2, 0) is 6.54 Å². The molecule has 3 nitrogen and oxygen atoms in total. The maximum absolute atomic E-state index is 6.33. The Bertz CT molecular complexity index is 645. The summed E-state index contributed by atoms with van der Waals surface area (Å²) in [4.78, 5) is 4.72. The van der Waals surface area contributed by atoms with E-state index < -0.39 is 0 Å². The lowest BCUT2D eigenvalue weighted by Crippen LogP contribution is -2.08. The van der Waals surface area contributed by atoms with Crippen LogP contribution >= 0.6 is 11.6 Å². The molecule has 1 fully saturated rings. The van der Waals surface area contributed by atoms with Gasteiger partial charge in [0, 0.05) is 6.54 Å². The Kier molecular flexibility index (Phi) is 3.20. The first kappa shape index (κ1) is 13.7. The predicted molar refractivity (Wildman–Crippen MR) is 82.4 cm³/mol. The van der Waals surface area contributed by atoms with Crippen LogP contribution in [0.2, 0.25) is 0 Å². The zero-order valence-corrected chi connectivity index (χ0v) is 13.2. The molecule has 1 saturated carbocycles. The van der Waals surface area contributed by atoms with E-state index in [9.17, 15) is 0 Å². The van der Waals surface area contributed by atoms with E-state index in [1.165, 1.54) is 6.42 Å². The third-order valence-corrected chi connectivity index (χ3v) is 4.66. The Balaban J connectivity index is 2.10. The van der Waals surface area contributed by atoms with Crippen LogP contribution < -0.4 is 4.74 Å². The highest BCUT2D eigenvalue weighted by molar-refractivity contribution is 6.20. The third kappa shape index (κ3) is 2.18. The molecule has 0 bridgehead atoms. The first-order chi connectivity index (χ1) is 9.44. The summed E-state index contributed by atoms with van der Waals surface area (Å²) in [5.41, 5.74) is 2.48. The maximum atomic E-state index is 6.33. The number of halogens is 1. The lowest BCUT2D eigenvalue weighted by atomic mass is 10.1. The monoisotopic (exact) mass is 292 g/mol. The molecule has 3 rings (SSSR count). The highest BCUT2D eigenvalue weighted by Crippen LogP contribution is 2.53. The second kappa shape index (κ2) is 4.66. The molecule has 0 N–H and O–H groups in total. The molecule has 1 heterocycles. The standard InChI is InChI=1S/C16H21ClN2O/c1-10(17)15-18-14-12(6-5-7-13(14)20-4)19(15)9-11-8-16(11,2)3/h5-7,10-11H,8-9H2,1-4H3. The number of fused-ring (bicyclic) bond motifs is 1. The van der Waals surface area contributed by atoms with Gasteiger partial charge < -0.3 is 9.30 Å². The van der Waals surface area contributed by atoms with Gasteiger partial charge in [0.05, 0.1) is 18.0 Å². The van der Waals surface area contributed by atoms with E-state index in [0.717, 1.165) is 29.2 Å². The van der Waals surface area contributed by atoms with Gasteiger partial charge in [0.2, 0.25) is 0 Å². The minimum atomic E-state index is -0.103. The number of benzene rings is 1. The van der Waals surface area contributed by atoms with Crippen LogP contribution in [0.4, 0.5) is 0 Å². The number of hydrogen-bond donors (Lipinski definition) is 0. The molecule has 1 aromatic carbocycles. The second-order valence-electron chi connectivity index (χ2n) is 6.41. The number of rotatable bonds is 4. The summed E-state index contributed by atoms with van der Waals surface area (Å²) in [5.74, 6) is 2.46. The number of alkyl halides is 1. The summed E-state index contributed by atoms with van der Waals surface area (Å²) in [7, 11) is 1.68. The van der Waals surface area contributed by atoms with Crippen molar-refractivity contribution in [2.45, 2.75) is 39.1 Å². The van der Waals surface area contributed by atoms with Gasteiger partial charge in [-0.1, -0.05) is 19.9 Å². The van der Waals surface area contributed by atoms with Gasteiger partial charge in [-0.15, -0.1) is 11.6 Å². The predicted octanol–water partition coefficient (Wildman–Crippen LogP) is 4.39. The van der Waals surface area contributed by atoms with Crippen LogP contribution in [-0.4, -0.2) is 16.7 Å². The molecule has 2 unspecified atom stereocenters. The number of ether oxygens (including phenoxy) is 1. The first-order valence-corrected chi connectivity index (χ1v) is 7.55. The number of para-hydroxylation sites is 1. The Morgan fingerprint density at radius 3 is 2.75 bits per heavy atom. The fourth-order valence-corrected chi connectivity index (χ4v) is 3.07. The van der Waals surface area contributed by atoms with E-state index in [2.05, 4.69) is 24.5 Å². The minimum absolute atomic E-state index is 0.103. The lowest BCUT2D eigenvalue weighted by molar-refractivity contribution is 0.419. The summed E-state index contributed by atoms with van der Waals surface area (Å²) in [6.45, 7) is 7.61. The van der Waals surface area contributed by atoms with Crippen LogP contribution in [0.25, 0.3) is 11.0 Å². The fourth-order valence-electron chi connectivity index (χ4n) is 2.91. The Morgan fingerprint density at radius 1 is 1.50 bits per heavy atom. The van der Waals surface area contributed by atoms with Gasteiger partial charge in [-0.05, 0) is 36.8 Å². The SMILES string of the molecule is COc1cccc2c1nc(C(C)Cl)n2CC1CC1(C)C. The van der Waals surface area contributed by atoms with E-state index in [4.69, 9.17) is 21.3 Å². The molecule has 0 amide bonds. The van der Waals surface area contributed by atoms with Gasteiger partial charge in [-0.25, -0.2) is 4.98 Å². The average Bonchev–Trinajstić information content (AvgIpc) is 2.83. The Hall–Kier alpha value is -1.22. The van der Waals surface area contributed by atoms with E-state index in [1.807, 2.05) is 19.1 Å². The molecule has 0 aliphatic heterocycles. The summed E-state index contributed by atoms with van der Waals surface area (Å²) in [6, 6.07) is 6.06. The maximum Gasteiger partial charge on any atom is 0.146 e. The molecule has 0 saturated heterocycles. The number of imidazole rings is 1. The van der Waals surface area contributed by atoms with E-state index in [1.54, 1.807) is 7.11 Å². The molecule has 2 aromatic rings. The summed E-state index contributed by atoms with van der Waals surface area (Å²) >= 11 is 6.33. The van der Waals surface area contributed by atoms with Gasteiger partial charge in [0.25, 0.3) is 0 Å². The van der Waals surface area contributed by atoms with Crippen LogP contribution in [0.1, 0.15) is 38.4 Å². The summed E-state index contributed by atoms with van der Waals surface area (Å²) in [5, 5.41) is -0.103. The topological polar surface area (TPSA) is 27.1 Å². The van der Waals surface area contributed by atoms with E-state index in [-0.39, 0.29) is 5.38 Å². The van der Waals surface area contributed by atoms with Crippen molar-refractivity contribution in [1.29, 1.82) is 0 Å². The van der Waals surface area contributed by atoms with E-state index in [0.29, 0.717) is 11.3 Å². The molecule has 0 radical (unpaired) electrons. The van der Waals surface area contributed by atoms with E-state index >= 15 is 0 Å². The zero-order valence-electron chi connectivity index (χ0n) is 12.5. The highest BCUT2D eigenvalue weighted by Gasteiger charge is 2.45. The number of aromatic nitrogens is 2. The van der Waals surface area contributed by atoms with Gasteiger partial charge in [-0.3, -0.25) is 0 Å². The van der Waals surface area contributed by atoms with Gasteiger partial charge in [-0.2, -0.15) is 0 Å². The largest absolute Gasteiger partial charge is 0.494 e. The smallest absolute Gasteiger partial charge is 0.146 e. The number of hydrogen-bond acceptors (Lipinski definition) is 2. The van der Waals surface area contributed by atoms with Crippen molar-refractivity contribution in [2.24, 2.45) is 11.3 Å². The normalized spacial score (nSPS) is 21.9. The van der Waals surface area contributed by atoms with Crippen molar-refractivity contribution >= 4 is 22.6 Å². The lowest BCUT2D eigenvalue weighted by Gasteiger charge is -2.11. The molecule has 1 aromatic heterocycles. The first-order valence-electron chi connectivity index (χ1n) is 7.11. The van der Waals surface area contributed by atoms with Crippen LogP contribution in [0.5, 0.6) is 5.75 Å². The molecule has 108 valence electrons. The third-order valence-electron chi connectivity index (χ3n) is 4.47. The second-order valence-corrected chi connectivity index (χ2v) is 7.07. The Morgan fingerprint density at radius 2 is 2.20 bits per heavy atom. The fraction of sp³-hybridized carbons (Fsp3) is 0.562. The average molecular weight is 293 g/mol. The molecule has 1 aliphatic rings. The van der Waals surface area contributed by atoms with Crippen molar-refractivity contribution in [2.75, 3.05) is 7.11 Å². The van der Waals surface area contributed by atoms with Crippen molar-refractivity contribution in [1.82, 2.24) is 9.55 Å². The van der Waals surface area contributed by atoms with Gasteiger partial charge in [0.1, 0.15) is 17.1 Å². The number of methoxy groups -OCH3 is 1. The van der Waals surface area contributed by atoms with Gasteiger partial charge >= 0.3 is 0 Å². The van der Waals surface area contributed by atoms with Crippen LogP contribution in [0.15, 0.2) is 18.2 Å². The summed E-state index contributed by atoms with van der Waals surface area (Å²) < 4.78 is 7.69. The van der Waals surface area contributed by atoms with Gasteiger partial charge in [0.15, 0.2) is 0 Å². The minimum Gasteiger partial charge on any atom is -0.494 e. The zero-order chi connectivity index (χ0) is 14.5. The summed E-state index contributed by atoms with van der Waals surface area (Å²) in [6.07, 6.45) is 1.27.